The van der Waals surface area contributed by atoms with Crippen LogP contribution in [0.1, 0.15) is 6.92 Å². The number of cyclic esters (lactones) is 1. The average molecular weight is 204 g/mol. The smallest absolute Gasteiger partial charge is 0.338 e. The lowest BCUT2D eigenvalue weighted by Gasteiger charge is -2.18. The van der Waals surface area contributed by atoms with Crippen molar-refractivity contribution in [1.29, 1.82) is 0 Å². The SMILES string of the molecule is CC1OC[C@@H]([C@H]2OC(=O)[C@@H](O)[C@H]2O)O1. The maximum Gasteiger partial charge on any atom is 0.338 e. The van der Waals surface area contributed by atoms with Crippen LogP contribution in [0.5, 0.6) is 0 Å². The van der Waals surface area contributed by atoms with Gasteiger partial charge in [0.05, 0.1) is 6.61 Å². The van der Waals surface area contributed by atoms with E-state index in [1.165, 1.54) is 0 Å². The van der Waals surface area contributed by atoms with Crippen molar-refractivity contribution in [1.82, 2.24) is 0 Å². The summed E-state index contributed by atoms with van der Waals surface area (Å²) in [6.07, 6.45) is -4.41. The lowest BCUT2D eigenvalue weighted by Crippen LogP contribution is -2.39. The molecule has 0 saturated carbocycles. The molecule has 5 atom stereocenters. The fraction of sp³-hybridized carbons (Fsp3) is 0.875. The van der Waals surface area contributed by atoms with Crippen LogP contribution in [-0.4, -0.2) is 53.5 Å². The van der Waals surface area contributed by atoms with Crippen LogP contribution in [0, 0.1) is 0 Å². The molecular weight excluding hydrogens is 192 g/mol. The maximum absolute atomic E-state index is 10.9. The molecule has 2 N–H and O–H groups in total. The molecule has 6 heteroatoms. The second kappa shape index (κ2) is 3.47. The summed E-state index contributed by atoms with van der Waals surface area (Å²) in [4.78, 5) is 10.9. The standard InChI is InChI=1S/C8H12O6/c1-3-12-2-4(13-3)7-5(9)6(10)8(11)14-7/h3-7,9-10H,2H2,1H3/t3?,4-,5+,6-,7+/m0/s1. The fourth-order valence-electron chi connectivity index (χ4n) is 1.62. The van der Waals surface area contributed by atoms with Gasteiger partial charge in [-0.15, -0.1) is 0 Å². The van der Waals surface area contributed by atoms with Crippen LogP contribution in [-0.2, 0) is 19.0 Å². The number of carbonyl (C=O) groups excluding carboxylic acids is 1. The molecule has 0 bridgehead atoms. The maximum atomic E-state index is 10.9. The van der Waals surface area contributed by atoms with E-state index in [1.807, 2.05) is 0 Å². The Morgan fingerprint density at radius 3 is 2.57 bits per heavy atom. The van der Waals surface area contributed by atoms with Gasteiger partial charge < -0.3 is 24.4 Å². The quantitative estimate of drug-likeness (QED) is 0.500. The van der Waals surface area contributed by atoms with E-state index in [-0.39, 0.29) is 12.9 Å². The van der Waals surface area contributed by atoms with Gasteiger partial charge in [0.2, 0.25) is 0 Å². The summed E-state index contributed by atoms with van der Waals surface area (Å²) in [6, 6.07) is 0. The first-order chi connectivity index (χ1) is 6.59. The number of aliphatic hydroxyl groups excluding tert-OH is 2. The third-order valence-electron chi connectivity index (χ3n) is 2.38. The van der Waals surface area contributed by atoms with E-state index in [9.17, 15) is 9.90 Å². The number of ether oxygens (including phenoxy) is 3. The van der Waals surface area contributed by atoms with Gasteiger partial charge in [-0.3, -0.25) is 0 Å². The molecule has 0 aromatic rings. The highest BCUT2D eigenvalue weighted by Crippen LogP contribution is 2.25. The van der Waals surface area contributed by atoms with Crippen LogP contribution < -0.4 is 0 Å². The van der Waals surface area contributed by atoms with Gasteiger partial charge in [-0.25, -0.2) is 4.79 Å². The van der Waals surface area contributed by atoms with Crippen molar-refractivity contribution in [3.63, 3.8) is 0 Å². The van der Waals surface area contributed by atoms with Gasteiger partial charge >= 0.3 is 5.97 Å². The number of hydrogen-bond donors (Lipinski definition) is 2. The third-order valence-corrected chi connectivity index (χ3v) is 2.38. The predicted octanol–water partition coefficient (Wildman–Crippen LogP) is -1.61. The van der Waals surface area contributed by atoms with Gasteiger partial charge in [-0.1, -0.05) is 0 Å². The molecule has 1 unspecified atom stereocenters. The summed E-state index contributed by atoms with van der Waals surface area (Å²) >= 11 is 0. The molecule has 2 aliphatic heterocycles. The third kappa shape index (κ3) is 1.50. The van der Waals surface area contributed by atoms with Gasteiger partial charge in [0.1, 0.15) is 12.2 Å². The highest BCUT2D eigenvalue weighted by molar-refractivity contribution is 5.77. The van der Waals surface area contributed by atoms with Crippen molar-refractivity contribution >= 4 is 5.97 Å². The summed E-state index contributed by atoms with van der Waals surface area (Å²) in [5.41, 5.74) is 0. The molecule has 2 rings (SSSR count). The van der Waals surface area contributed by atoms with Crippen LogP contribution in [0.25, 0.3) is 0 Å². The first-order valence-corrected chi connectivity index (χ1v) is 4.43. The van der Waals surface area contributed by atoms with E-state index in [0.717, 1.165) is 0 Å². The van der Waals surface area contributed by atoms with Gasteiger partial charge in [-0.2, -0.15) is 0 Å². The minimum Gasteiger partial charge on any atom is -0.455 e. The summed E-state index contributed by atoms with van der Waals surface area (Å²) in [5, 5.41) is 18.6. The minimum atomic E-state index is -1.47. The first-order valence-electron chi connectivity index (χ1n) is 4.43. The molecule has 0 spiro atoms. The molecule has 2 aliphatic rings. The molecule has 6 nitrogen and oxygen atoms in total. The zero-order valence-corrected chi connectivity index (χ0v) is 7.62. The number of rotatable bonds is 1. The van der Waals surface area contributed by atoms with Crippen molar-refractivity contribution in [3.8, 4) is 0 Å². The van der Waals surface area contributed by atoms with E-state index in [4.69, 9.17) is 19.3 Å². The number of hydrogen-bond acceptors (Lipinski definition) is 6. The molecule has 0 aromatic heterocycles. The Hall–Kier alpha value is -0.690. The second-order valence-corrected chi connectivity index (χ2v) is 3.41. The summed E-state index contributed by atoms with van der Waals surface area (Å²) in [7, 11) is 0. The number of aliphatic hydroxyl groups is 2. The fourth-order valence-corrected chi connectivity index (χ4v) is 1.62. The van der Waals surface area contributed by atoms with Crippen molar-refractivity contribution in [3.05, 3.63) is 0 Å². The van der Waals surface area contributed by atoms with E-state index < -0.39 is 30.4 Å². The van der Waals surface area contributed by atoms with Gasteiger partial charge in [0.15, 0.2) is 18.5 Å². The van der Waals surface area contributed by atoms with E-state index in [0.29, 0.717) is 0 Å². The Labute approximate surface area is 80.4 Å². The molecule has 0 amide bonds. The van der Waals surface area contributed by atoms with Crippen LogP contribution in [0.15, 0.2) is 0 Å². The Morgan fingerprint density at radius 1 is 1.43 bits per heavy atom. The van der Waals surface area contributed by atoms with Gasteiger partial charge in [-0.05, 0) is 6.92 Å². The zero-order chi connectivity index (χ0) is 10.3. The van der Waals surface area contributed by atoms with E-state index in [2.05, 4.69) is 0 Å². The Kier molecular flexibility index (Phi) is 2.44. The van der Waals surface area contributed by atoms with Crippen molar-refractivity contribution in [2.24, 2.45) is 0 Å². The van der Waals surface area contributed by atoms with Crippen molar-refractivity contribution in [2.75, 3.05) is 6.61 Å². The normalized spacial score (nSPS) is 48.2. The number of esters is 1. The van der Waals surface area contributed by atoms with Crippen molar-refractivity contribution < 1.29 is 29.2 Å². The lowest BCUT2D eigenvalue weighted by atomic mass is 10.1. The molecule has 2 saturated heterocycles. The minimum absolute atomic E-state index is 0.253. The number of carbonyl (C=O) groups is 1. The summed E-state index contributed by atoms with van der Waals surface area (Å²) in [5.74, 6) is -0.814. The molecule has 0 radical (unpaired) electrons. The largest absolute Gasteiger partial charge is 0.455 e. The van der Waals surface area contributed by atoms with Gasteiger partial charge in [0, 0.05) is 0 Å². The summed E-state index contributed by atoms with van der Waals surface area (Å²) in [6.45, 7) is 1.96. The molecule has 80 valence electrons. The van der Waals surface area contributed by atoms with Crippen LogP contribution in [0.4, 0.5) is 0 Å². The molecule has 0 aromatic carbocycles. The molecule has 2 fully saturated rings. The second-order valence-electron chi connectivity index (χ2n) is 3.41. The van der Waals surface area contributed by atoms with Crippen molar-refractivity contribution in [2.45, 2.75) is 37.6 Å². The van der Waals surface area contributed by atoms with Gasteiger partial charge in [0.25, 0.3) is 0 Å². The molecule has 14 heavy (non-hydrogen) atoms. The zero-order valence-electron chi connectivity index (χ0n) is 7.62. The first kappa shape index (κ1) is 9.85. The molecular formula is C8H12O6. The lowest BCUT2D eigenvalue weighted by molar-refractivity contribution is -0.151. The highest BCUT2D eigenvalue weighted by atomic mass is 16.7. The monoisotopic (exact) mass is 204 g/mol. The van der Waals surface area contributed by atoms with E-state index in [1.54, 1.807) is 6.92 Å². The van der Waals surface area contributed by atoms with Crippen LogP contribution in [0.3, 0.4) is 0 Å². The molecule has 0 aliphatic carbocycles. The van der Waals surface area contributed by atoms with E-state index >= 15 is 0 Å². The van der Waals surface area contributed by atoms with Crippen LogP contribution in [0.2, 0.25) is 0 Å². The summed E-state index contributed by atoms with van der Waals surface area (Å²) < 4.78 is 15.1. The topological polar surface area (TPSA) is 85.2 Å². The average Bonchev–Trinajstić information content (AvgIpc) is 2.66. The molecule has 2 heterocycles. The predicted molar refractivity (Wildman–Crippen MR) is 42.2 cm³/mol. The van der Waals surface area contributed by atoms with Crippen LogP contribution >= 0.6 is 0 Å². The Morgan fingerprint density at radius 2 is 2.14 bits per heavy atom. The Balaban J connectivity index is 2.02. The Bertz CT molecular complexity index is 242. The highest BCUT2D eigenvalue weighted by Gasteiger charge is 2.48.